The molecule has 0 aromatic carbocycles. The highest BCUT2D eigenvalue weighted by Gasteiger charge is 2.45. The minimum absolute atomic E-state index is 0.208. The van der Waals surface area contributed by atoms with Crippen LogP contribution in [-0.2, 0) is 4.79 Å². The van der Waals surface area contributed by atoms with E-state index in [0.717, 1.165) is 12.8 Å². The molecule has 1 unspecified atom stereocenters. The van der Waals surface area contributed by atoms with Crippen LogP contribution >= 0.6 is 0 Å². The Hall–Kier alpha value is -0.570. The third kappa shape index (κ3) is 3.21. The van der Waals surface area contributed by atoms with Gasteiger partial charge in [0, 0.05) is 18.6 Å². The summed E-state index contributed by atoms with van der Waals surface area (Å²) in [7, 11) is 0. The molecule has 0 saturated heterocycles. The molecule has 3 heteroatoms. The van der Waals surface area contributed by atoms with Crippen LogP contribution < -0.4 is 5.32 Å². The van der Waals surface area contributed by atoms with Crippen molar-refractivity contribution in [3.05, 3.63) is 0 Å². The number of aliphatic hydroxyl groups is 1. The highest BCUT2D eigenvalue weighted by Crippen LogP contribution is 2.49. The summed E-state index contributed by atoms with van der Waals surface area (Å²) >= 11 is 0. The molecule has 2 saturated carbocycles. The molecule has 0 heterocycles. The van der Waals surface area contributed by atoms with E-state index in [2.05, 4.69) is 5.32 Å². The lowest BCUT2D eigenvalue weighted by Gasteiger charge is -2.19. The van der Waals surface area contributed by atoms with Crippen molar-refractivity contribution in [3.8, 4) is 0 Å². The van der Waals surface area contributed by atoms with Gasteiger partial charge >= 0.3 is 0 Å². The number of aliphatic hydroxyl groups excluding tert-OH is 1. The van der Waals surface area contributed by atoms with E-state index in [1.807, 2.05) is 6.92 Å². The first-order valence-corrected chi connectivity index (χ1v) is 6.63. The van der Waals surface area contributed by atoms with Crippen LogP contribution in [-0.4, -0.2) is 23.7 Å². The van der Waals surface area contributed by atoms with Gasteiger partial charge < -0.3 is 10.4 Å². The van der Waals surface area contributed by atoms with Gasteiger partial charge in [0.1, 0.15) is 0 Å². The van der Waals surface area contributed by atoms with E-state index in [-0.39, 0.29) is 18.6 Å². The summed E-state index contributed by atoms with van der Waals surface area (Å²) in [5.41, 5.74) is 0. The Kier molecular flexibility index (Phi) is 3.85. The Morgan fingerprint density at radius 3 is 2.31 bits per heavy atom. The lowest BCUT2D eigenvalue weighted by Crippen LogP contribution is -2.39. The third-order valence-electron chi connectivity index (χ3n) is 3.75. The molecule has 16 heavy (non-hydrogen) atoms. The van der Waals surface area contributed by atoms with Gasteiger partial charge in [0.2, 0.25) is 5.91 Å². The molecule has 2 aliphatic rings. The SMILES string of the molecule is CC(CCCO)NC(=O)C(C1CC1)C1CC1. The van der Waals surface area contributed by atoms with Crippen LogP contribution in [0.1, 0.15) is 45.4 Å². The van der Waals surface area contributed by atoms with Gasteiger partial charge in [-0.2, -0.15) is 0 Å². The number of amides is 1. The fourth-order valence-electron chi connectivity index (χ4n) is 2.53. The lowest BCUT2D eigenvalue weighted by atomic mass is 9.96. The van der Waals surface area contributed by atoms with Crippen LogP contribution in [0.2, 0.25) is 0 Å². The maximum Gasteiger partial charge on any atom is 0.223 e. The Labute approximate surface area is 97.6 Å². The maximum absolute atomic E-state index is 12.1. The quantitative estimate of drug-likeness (QED) is 0.693. The van der Waals surface area contributed by atoms with E-state index in [9.17, 15) is 4.79 Å². The predicted molar refractivity (Wildman–Crippen MR) is 62.9 cm³/mol. The zero-order valence-corrected chi connectivity index (χ0v) is 10.1. The van der Waals surface area contributed by atoms with E-state index in [1.165, 1.54) is 25.7 Å². The fourth-order valence-corrected chi connectivity index (χ4v) is 2.53. The number of carbonyl (C=O) groups excluding carboxylic acids is 1. The molecule has 2 fully saturated rings. The topological polar surface area (TPSA) is 49.3 Å². The average molecular weight is 225 g/mol. The predicted octanol–water partition coefficient (Wildman–Crippen LogP) is 1.70. The van der Waals surface area contributed by atoms with Gasteiger partial charge in [-0.1, -0.05) is 0 Å². The molecule has 3 nitrogen and oxygen atoms in total. The molecule has 1 amide bonds. The van der Waals surface area contributed by atoms with Crippen LogP contribution in [0.25, 0.3) is 0 Å². The van der Waals surface area contributed by atoms with Crippen molar-refractivity contribution in [3.63, 3.8) is 0 Å². The van der Waals surface area contributed by atoms with Gasteiger partial charge in [0.05, 0.1) is 0 Å². The van der Waals surface area contributed by atoms with Gasteiger partial charge in [-0.25, -0.2) is 0 Å². The van der Waals surface area contributed by atoms with Crippen molar-refractivity contribution >= 4 is 5.91 Å². The monoisotopic (exact) mass is 225 g/mol. The summed E-state index contributed by atoms with van der Waals surface area (Å²) in [4.78, 5) is 12.1. The van der Waals surface area contributed by atoms with Crippen molar-refractivity contribution in [1.82, 2.24) is 5.32 Å². The van der Waals surface area contributed by atoms with E-state index in [1.54, 1.807) is 0 Å². The summed E-state index contributed by atoms with van der Waals surface area (Å²) in [6.07, 6.45) is 6.65. The second-order valence-corrected chi connectivity index (χ2v) is 5.48. The van der Waals surface area contributed by atoms with Crippen molar-refractivity contribution < 1.29 is 9.90 Å². The molecular weight excluding hydrogens is 202 g/mol. The van der Waals surface area contributed by atoms with Crippen LogP contribution in [0.3, 0.4) is 0 Å². The average Bonchev–Trinajstić information content (AvgIpc) is 3.07. The maximum atomic E-state index is 12.1. The smallest absolute Gasteiger partial charge is 0.223 e. The van der Waals surface area contributed by atoms with E-state index >= 15 is 0 Å². The zero-order valence-electron chi connectivity index (χ0n) is 10.1. The summed E-state index contributed by atoms with van der Waals surface area (Å²) in [6.45, 7) is 2.25. The first-order valence-electron chi connectivity index (χ1n) is 6.63. The highest BCUT2D eigenvalue weighted by atomic mass is 16.2. The molecule has 2 N–H and O–H groups in total. The second kappa shape index (κ2) is 5.17. The molecule has 1 atom stereocenters. The normalized spacial score (nSPS) is 22.2. The Morgan fingerprint density at radius 2 is 1.88 bits per heavy atom. The minimum atomic E-state index is 0.208. The van der Waals surface area contributed by atoms with Crippen molar-refractivity contribution in [2.45, 2.75) is 51.5 Å². The van der Waals surface area contributed by atoms with Crippen molar-refractivity contribution in [2.75, 3.05) is 6.61 Å². The van der Waals surface area contributed by atoms with Crippen LogP contribution in [0.15, 0.2) is 0 Å². The Balaban J connectivity index is 1.76. The van der Waals surface area contributed by atoms with Gasteiger partial charge in [-0.3, -0.25) is 4.79 Å². The standard InChI is InChI=1S/C13H23NO2/c1-9(3-2-8-15)14-13(16)12(10-4-5-10)11-6-7-11/h9-12,15H,2-8H2,1H3,(H,14,16). The molecule has 0 aromatic rings. The summed E-state index contributed by atoms with van der Waals surface area (Å²) in [5, 5.41) is 11.8. The molecular formula is C13H23NO2. The number of rotatable bonds is 7. The van der Waals surface area contributed by atoms with Gasteiger partial charge in [0.15, 0.2) is 0 Å². The van der Waals surface area contributed by atoms with E-state index < -0.39 is 0 Å². The van der Waals surface area contributed by atoms with E-state index in [0.29, 0.717) is 17.8 Å². The second-order valence-electron chi connectivity index (χ2n) is 5.48. The number of carbonyl (C=O) groups is 1. The van der Waals surface area contributed by atoms with Crippen molar-refractivity contribution in [1.29, 1.82) is 0 Å². The molecule has 0 spiro atoms. The minimum Gasteiger partial charge on any atom is -0.396 e. The van der Waals surface area contributed by atoms with Gasteiger partial charge in [0.25, 0.3) is 0 Å². The molecule has 0 bridgehead atoms. The van der Waals surface area contributed by atoms with Gasteiger partial charge in [-0.05, 0) is 57.3 Å². The van der Waals surface area contributed by atoms with Crippen LogP contribution in [0.5, 0.6) is 0 Å². The van der Waals surface area contributed by atoms with Crippen LogP contribution in [0, 0.1) is 17.8 Å². The third-order valence-corrected chi connectivity index (χ3v) is 3.75. The van der Waals surface area contributed by atoms with Gasteiger partial charge in [-0.15, -0.1) is 0 Å². The molecule has 0 aliphatic heterocycles. The summed E-state index contributed by atoms with van der Waals surface area (Å²) in [5.74, 6) is 1.93. The number of hydrogen-bond donors (Lipinski definition) is 2. The first kappa shape index (κ1) is 11.9. The first-order chi connectivity index (χ1) is 7.72. The fraction of sp³-hybridized carbons (Fsp3) is 0.923. The molecule has 0 radical (unpaired) electrons. The molecule has 2 rings (SSSR count). The molecule has 2 aliphatic carbocycles. The summed E-state index contributed by atoms with van der Waals surface area (Å²) < 4.78 is 0. The largest absolute Gasteiger partial charge is 0.396 e. The van der Waals surface area contributed by atoms with Crippen LogP contribution in [0.4, 0.5) is 0 Å². The lowest BCUT2D eigenvalue weighted by molar-refractivity contribution is -0.127. The highest BCUT2D eigenvalue weighted by molar-refractivity contribution is 5.80. The molecule has 92 valence electrons. The number of hydrogen-bond acceptors (Lipinski definition) is 2. The van der Waals surface area contributed by atoms with Crippen molar-refractivity contribution in [2.24, 2.45) is 17.8 Å². The zero-order chi connectivity index (χ0) is 11.5. The Bertz CT molecular complexity index is 234. The van der Waals surface area contributed by atoms with E-state index in [4.69, 9.17) is 5.11 Å². The Morgan fingerprint density at radius 1 is 1.31 bits per heavy atom. The summed E-state index contributed by atoms with van der Waals surface area (Å²) in [6, 6.07) is 0.208. The number of nitrogens with one attached hydrogen (secondary N) is 1. The molecule has 0 aromatic heterocycles.